The fourth-order valence-electron chi connectivity index (χ4n) is 2.67. The number of phenolic OH excluding ortho intramolecular Hbond substituents is 2. The molecule has 0 saturated heterocycles. The molecule has 0 radical (unpaired) electrons. The Balaban J connectivity index is 2.80. The molecule has 0 amide bonds. The van der Waals surface area contributed by atoms with E-state index in [0.717, 1.165) is 0 Å². The van der Waals surface area contributed by atoms with Gasteiger partial charge in [-0.25, -0.2) is 4.79 Å². The van der Waals surface area contributed by atoms with Gasteiger partial charge in [-0.05, 0) is 17.2 Å². The van der Waals surface area contributed by atoms with Crippen LogP contribution in [0.1, 0.15) is 11.1 Å². The van der Waals surface area contributed by atoms with Gasteiger partial charge >= 0.3 is 5.97 Å². The van der Waals surface area contributed by atoms with E-state index in [9.17, 15) is 15.0 Å². The highest BCUT2D eigenvalue weighted by molar-refractivity contribution is 6.15. The third-order valence-electron chi connectivity index (χ3n) is 3.94. The summed E-state index contributed by atoms with van der Waals surface area (Å²) >= 11 is 0. The summed E-state index contributed by atoms with van der Waals surface area (Å²) in [5.41, 5.74) is 2.05. The molecule has 0 aromatic heterocycles. The number of rotatable bonds is 6. The van der Waals surface area contributed by atoms with Crippen LogP contribution in [-0.4, -0.2) is 37.5 Å². The summed E-state index contributed by atoms with van der Waals surface area (Å²) in [5.74, 6) is -1.17. The minimum atomic E-state index is -0.552. The third kappa shape index (κ3) is 3.09. The lowest BCUT2D eigenvalue weighted by atomic mass is 9.93. The SMILES string of the molecule is C=Cc1c(O)c(O)c(OC)c(OC)c1-c1cccc(C(=C)C(=O)OC)c1. The number of aromatic hydroxyl groups is 2. The van der Waals surface area contributed by atoms with Gasteiger partial charge in [-0.2, -0.15) is 0 Å². The molecule has 2 aromatic carbocycles. The topological polar surface area (TPSA) is 85.2 Å². The van der Waals surface area contributed by atoms with E-state index in [1.54, 1.807) is 24.3 Å². The normalized spacial score (nSPS) is 10.1. The Kier molecular flexibility index (Phi) is 5.57. The largest absolute Gasteiger partial charge is 0.504 e. The average molecular weight is 356 g/mol. The number of carbonyl (C=O) groups is 1. The van der Waals surface area contributed by atoms with Gasteiger partial charge in [-0.15, -0.1) is 0 Å². The number of ether oxygens (including phenoxy) is 3. The van der Waals surface area contributed by atoms with Gasteiger partial charge in [0.2, 0.25) is 11.5 Å². The zero-order valence-electron chi connectivity index (χ0n) is 14.8. The molecule has 2 rings (SSSR count). The molecule has 0 aliphatic heterocycles. The fourth-order valence-corrected chi connectivity index (χ4v) is 2.67. The highest BCUT2D eigenvalue weighted by Gasteiger charge is 2.25. The fraction of sp³-hybridized carbons (Fsp3) is 0.150. The molecule has 6 heteroatoms. The Morgan fingerprint density at radius 3 is 2.27 bits per heavy atom. The van der Waals surface area contributed by atoms with Crippen molar-refractivity contribution in [2.75, 3.05) is 21.3 Å². The summed E-state index contributed by atoms with van der Waals surface area (Å²) in [7, 11) is 4.05. The predicted octanol–water partition coefficient (Wildman–Crippen LogP) is 3.61. The second-order valence-corrected chi connectivity index (χ2v) is 5.31. The van der Waals surface area contributed by atoms with Crippen LogP contribution in [-0.2, 0) is 9.53 Å². The molecule has 6 nitrogen and oxygen atoms in total. The summed E-state index contributed by atoms with van der Waals surface area (Å²) in [4.78, 5) is 11.7. The van der Waals surface area contributed by atoms with E-state index in [1.807, 2.05) is 0 Å². The van der Waals surface area contributed by atoms with Crippen molar-refractivity contribution in [2.24, 2.45) is 0 Å². The first-order chi connectivity index (χ1) is 12.4. The number of esters is 1. The van der Waals surface area contributed by atoms with Crippen molar-refractivity contribution in [1.29, 1.82) is 0 Å². The van der Waals surface area contributed by atoms with Crippen LogP contribution in [0.2, 0.25) is 0 Å². The lowest BCUT2D eigenvalue weighted by molar-refractivity contribution is -0.133. The van der Waals surface area contributed by atoms with Crippen molar-refractivity contribution >= 4 is 17.6 Å². The lowest BCUT2D eigenvalue weighted by Gasteiger charge is -2.19. The number of methoxy groups -OCH3 is 3. The summed E-state index contributed by atoms with van der Waals surface area (Å²) < 4.78 is 15.3. The van der Waals surface area contributed by atoms with Crippen molar-refractivity contribution in [2.45, 2.75) is 0 Å². The van der Waals surface area contributed by atoms with Crippen LogP contribution >= 0.6 is 0 Å². The molecular formula is C20H20O6. The molecule has 0 aliphatic carbocycles. The van der Waals surface area contributed by atoms with Gasteiger partial charge < -0.3 is 24.4 Å². The second-order valence-electron chi connectivity index (χ2n) is 5.31. The van der Waals surface area contributed by atoms with Crippen molar-refractivity contribution in [1.82, 2.24) is 0 Å². The van der Waals surface area contributed by atoms with Gasteiger partial charge in [0.1, 0.15) is 0 Å². The van der Waals surface area contributed by atoms with E-state index in [4.69, 9.17) is 14.2 Å². The maximum atomic E-state index is 11.7. The van der Waals surface area contributed by atoms with E-state index in [0.29, 0.717) is 16.7 Å². The van der Waals surface area contributed by atoms with E-state index < -0.39 is 11.7 Å². The van der Waals surface area contributed by atoms with Crippen LogP contribution in [0.5, 0.6) is 23.0 Å². The minimum Gasteiger partial charge on any atom is -0.504 e. The lowest BCUT2D eigenvalue weighted by Crippen LogP contribution is -2.03. The Hall–Kier alpha value is -3.41. The zero-order valence-corrected chi connectivity index (χ0v) is 14.8. The van der Waals surface area contributed by atoms with Crippen molar-refractivity contribution in [3.05, 3.63) is 48.6 Å². The standard InChI is InChI=1S/C20H20O6/c1-6-14-15(18(24-3)19(25-4)17(22)16(14)21)13-9-7-8-12(10-13)11(2)20(23)26-5/h6-10,21-22H,1-2H2,3-5H3. The summed E-state index contributed by atoms with van der Waals surface area (Å²) in [5, 5.41) is 20.5. The smallest absolute Gasteiger partial charge is 0.337 e. The molecule has 0 heterocycles. The molecule has 0 spiro atoms. The van der Waals surface area contributed by atoms with Crippen LogP contribution in [0.25, 0.3) is 22.8 Å². The molecule has 2 aromatic rings. The molecule has 0 unspecified atom stereocenters. The van der Waals surface area contributed by atoms with Gasteiger partial charge in [-0.3, -0.25) is 0 Å². The minimum absolute atomic E-state index is 0.0113. The maximum absolute atomic E-state index is 11.7. The molecule has 0 fully saturated rings. The van der Waals surface area contributed by atoms with Crippen molar-refractivity contribution < 1.29 is 29.2 Å². The Morgan fingerprint density at radius 1 is 1.08 bits per heavy atom. The quantitative estimate of drug-likeness (QED) is 0.467. The van der Waals surface area contributed by atoms with E-state index >= 15 is 0 Å². The van der Waals surface area contributed by atoms with Gasteiger partial charge in [-0.1, -0.05) is 37.4 Å². The number of hydrogen-bond acceptors (Lipinski definition) is 6. The van der Waals surface area contributed by atoms with E-state index in [2.05, 4.69) is 13.2 Å². The maximum Gasteiger partial charge on any atom is 0.337 e. The first-order valence-electron chi connectivity index (χ1n) is 7.61. The van der Waals surface area contributed by atoms with Crippen molar-refractivity contribution in [3.63, 3.8) is 0 Å². The van der Waals surface area contributed by atoms with Gasteiger partial charge in [0, 0.05) is 11.1 Å². The molecule has 0 saturated carbocycles. The summed E-state index contributed by atoms with van der Waals surface area (Å²) in [6.45, 7) is 7.43. The van der Waals surface area contributed by atoms with Crippen LogP contribution in [0, 0.1) is 0 Å². The first kappa shape index (κ1) is 18.9. The van der Waals surface area contributed by atoms with Gasteiger partial charge in [0.25, 0.3) is 0 Å². The monoisotopic (exact) mass is 356 g/mol. The molecule has 0 bridgehead atoms. The van der Waals surface area contributed by atoms with E-state index in [1.165, 1.54) is 27.4 Å². The number of carbonyl (C=O) groups excluding carboxylic acids is 1. The van der Waals surface area contributed by atoms with E-state index in [-0.39, 0.29) is 28.4 Å². The van der Waals surface area contributed by atoms with Crippen LogP contribution < -0.4 is 9.47 Å². The summed E-state index contributed by atoms with van der Waals surface area (Å²) in [6, 6.07) is 6.89. The first-order valence-corrected chi connectivity index (χ1v) is 7.61. The number of hydrogen-bond donors (Lipinski definition) is 2. The molecule has 2 N–H and O–H groups in total. The second kappa shape index (κ2) is 7.65. The van der Waals surface area contributed by atoms with Gasteiger partial charge in [0.15, 0.2) is 11.5 Å². The van der Waals surface area contributed by atoms with Crippen LogP contribution in [0.4, 0.5) is 0 Å². The number of phenols is 2. The zero-order chi connectivity index (χ0) is 19.4. The Bertz CT molecular complexity index is 882. The third-order valence-corrected chi connectivity index (χ3v) is 3.94. The molecule has 0 atom stereocenters. The van der Waals surface area contributed by atoms with Crippen molar-refractivity contribution in [3.8, 4) is 34.1 Å². The average Bonchev–Trinajstić information content (AvgIpc) is 2.68. The van der Waals surface area contributed by atoms with Crippen LogP contribution in [0.3, 0.4) is 0 Å². The molecule has 0 aliphatic rings. The highest BCUT2D eigenvalue weighted by Crippen LogP contribution is 2.52. The van der Waals surface area contributed by atoms with Crippen LogP contribution in [0.15, 0.2) is 37.4 Å². The Labute approximate surface area is 151 Å². The number of benzene rings is 2. The Morgan fingerprint density at radius 2 is 1.73 bits per heavy atom. The molecule has 26 heavy (non-hydrogen) atoms. The highest BCUT2D eigenvalue weighted by atomic mass is 16.5. The molecular weight excluding hydrogens is 336 g/mol. The van der Waals surface area contributed by atoms with Gasteiger partial charge in [0.05, 0.1) is 26.9 Å². The summed E-state index contributed by atoms with van der Waals surface area (Å²) in [6.07, 6.45) is 1.40. The predicted molar refractivity (Wildman–Crippen MR) is 99.5 cm³/mol. The molecule has 136 valence electrons.